The number of H-pyrrole nitrogens is 1. The zero-order valence-corrected chi connectivity index (χ0v) is 20.8. The molecule has 35 heavy (non-hydrogen) atoms. The molecule has 0 amide bonds. The Labute approximate surface area is 206 Å². The molecule has 2 heterocycles. The molecule has 0 atom stereocenters. The number of hydrogen-bond acceptors (Lipinski definition) is 3. The van der Waals surface area contributed by atoms with Gasteiger partial charge in [-0.15, -0.1) is 0 Å². The van der Waals surface area contributed by atoms with Crippen LogP contribution in [0.5, 0.6) is 0 Å². The highest BCUT2D eigenvalue weighted by Crippen LogP contribution is 2.33. The molecule has 0 aliphatic rings. The summed E-state index contributed by atoms with van der Waals surface area (Å²) >= 11 is 1.24. The second-order valence-corrected chi connectivity index (χ2v) is 9.66. The van der Waals surface area contributed by atoms with E-state index in [1.165, 1.54) is 17.8 Å². The standard InChI is InChI=1S/C27H26F3N3OS/c1-16-5-9-20(10-6-16)24-25(21-11-7-17(2)8-12-21)32-26(31-24)35-14-23(34)22-13-18(3)33(19(22)4)15-27(28,29)30/h5-13H,14-15H2,1-4H3,(H,31,32). The Morgan fingerprint density at radius 3 is 2.09 bits per heavy atom. The van der Waals surface area contributed by atoms with Crippen molar-refractivity contribution in [2.75, 3.05) is 5.75 Å². The van der Waals surface area contributed by atoms with Crippen LogP contribution in [0.3, 0.4) is 0 Å². The van der Waals surface area contributed by atoms with Crippen molar-refractivity contribution in [2.45, 2.75) is 45.6 Å². The van der Waals surface area contributed by atoms with Gasteiger partial charge >= 0.3 is 6.18 Å². The number of carbonyl (C=O) groups excluding carboxylic acids is 1. The topological polar surface area (TPSA) is 50.7 Å². The van der Waals surface area contributed by atoms with Crippen LogP contribution in [-0.2, 0) is 6.54 Å². The number of Topliss-reactive ketones (excluding diaryl/α,β-unsaturated/α-hetero) is 1. The molecule has 0 spiro atoms. The van der Waals surface area contributed by atoms with Crippen LogP contribution in [0.25, 0.3) is 22.5 Å². The number of rotatable bonds is 7. The fourth-order valence-corrected chi connectivity index (χ4v) is 4.74. The number of aromatic nitrogens is 3. The number of benzene rings is 2. The minimum Gasteiger partial charge on any atom is -0.339 e. The quantitative estimate of drug-likeness (QED) is 0.215. The Hall–Kier alpha value is -3.26. The summed E-state index contributed by atoms with van der Waals surface area (Å²) in [5.74, 6) is -0.175. The lowest BCUT2D eigenvalue weighted by molar-refractivity contribution is -0.141. The smallest absolute Gasteiger partial charge is 0.339 e. The summed E-state index contributed by atoms with van der Waals surface area (Å²) < 4.78 is 39.9. The number of alkyl halides is 3. The van der Waals surface area contributed by atoms with Crippen molar-refractivity contribution >= 4 is 17.5 Å². The van der Waals surface area contributed by atoms with Gasteiger partial charge in [0.2, 0.25) is 0 Å². The van der Waals surface area contributed by atoms with E-state index in [0.29, 0.717) is 22.1 Å². The first-order valence-electron chi connectivity index (χ1n) is 11.2. The number of aryl methyl sites for hydroxylation is 3. The highest BCUT2D eigenvalue weighted by molar-refractivity contribution is 7.99. The third kappa shape index (κ3) is 5.70. The summed E-state index contributed by atoms with van der Waals surface area (Å²) in [6, 6.07) is 17.7. The summed E-state index contributed by atoms with van der Waals surface area (Å²) in [6.45, 7) is 6.07. The van der Waals surface area contributed by atoms with Gasteiger partial charge in [0.25, 0.3) is 0 Å². The number of hydrogen-bond donors (Lipinski definition) is 1. The molecule has 0 bridgehead atoms. The van der Waals surface area contributed by atoms with Gasteiger partial charge in [0, 0.05) is 28.1 Å². The fraction of sp³-hybridized carbons (Fsp3) is 0.259. The van der Waals surface area contributed by atoms with Crippen molar-refractivity contribution in [1.82, 2.24) is 14.5 Å². The molecule has 1 N–H and O–H groups in total. The zero-order chi connectivity index (χ0) is 25.3. The normalized spacial score (nSPS) is 11.7. The first-order valence-corrected chi connectivity index (χ1v) is 12.1. The van der Waals surface area contributed by atoms with Crippen LogP contribution in [0.4, 0.5) is 13.2 Å². The van der Waals surface area contributed by atoms with Crippen LogP contribution >= 0.6 is 11.8 Å². The van der Waals surface area contributed by atoms with E-state index in [4.69, 9.17) is 4.98 Å². The van der Waals surface area contributed by atoms with E-state index in [2.05, 4.69) is 4.98 Å². The van der Waals surface area contributed by atoms with Crippen LogP contribution in [0.1, 0.15) is 32.9 Å². The van der Waals surface area contributed by atoms with E-state index in [0.717, 1.165) is 38.2 Å². The molecule has 0 saturated heterocycles. The van der Waals surface area contributed by atoms with Crippen molar-refractivity contribution in [3.63, 3.8) is 0 Å². The van der Waals surface area contributed by atoms with E-state index < -0.39 is 12.7 Å². The highest BCUT2D eigenvalue weighted by atomic mass is 32.2. The average molecular weight is 498 g/mol. The SMILES string of the molecule is Cc1ccc(-c2nc(SCC(=O)c3cc(C)n(CC(F)(F)F)c3C)[nH]c2-c2ccc(C)cc2)cc1. The Morgan fingerprint density at radius 1 is 0.943 bits per heavy atom. The van der Waals surface area contributed by atoms with E-state index in [-0.39, 0.29) is 11.5 Å². The minimum atomic E-state index is -4.35. The molecule has 0 radical (unpaired) electrons. The summed E-state index contributed by atoms with van der Waals surface area (Å²) in [6.07, 6.45) is -4.35. The maximum Gasteiger partial charge on any atom is 0.406 e. The van der Waals surface area contributed by atoms with Gasteiger partial charge in [-0.1, -0.05) is 71.4 Å². The van der Waals surface area contributed by atoms with Crippen molar-refractivity contribution in [3.05, 3.63) is 82.7 Å². The van der Waals surface area contributed by atoms with E-state index in [1.807, 2.05) is 62.4 Å². The van der Waals surface area contributed by atoms with Crippen molar-refractivity contribution in [1.29, 1.82) is 0 Å². The van der Waals surface area contributed by atoms with Gasteiger partial charge in [0.05, 0.1) is 17.1 Å². The van der Waals surface area contributed by atoms with Crippen LogP contribution in [0, 0.1) is 27.7 Å². The molecule has 4 nitrogen and oxygen atoms in total. The molecule has 4 rings (SSSR count). The summed E-state index contributed by atoms with van der Waals surface area (Å²) in [4.78, 5) is 21.0. The number of halogens is 3. The lowest BCUT2D eigenvalue weighted by Gasteiger charge is -2.12. The maximum atomic E-state index is 12.9. The van der Waals surface area contributed by atoms with Gasteiger partial charge in [-0.05, 0) is 33.8 Å². The van der Waals surface area contributed by atoms with E-state index in [1.54, 1.807) is 13.8 Å². The number of imidazole rings is 1. The van der Waals surface area contributed by atoms with Crippen LogP contribution in [-0.4, -0.2) is 32.2 Å². The van der Waals surface area contributed by atoms with E-state index >= 15 is 0 Å². The Balaban J connectivity index is 1.60. The van der Waals surface area contributed by atoms with Crippen LogP contribution < -0.4 is 0 Å². The summed E-state index contributed by atoms with van der Waals surface area (Å²) in [5, 5.41) is 0.577. The Bertz CT molecular complexity index is 1290. The number of nitrogens with one attached hydrogen (secondary N) is 1. The number of carbonyl (C=O) groups is 1. The first-order chi connectivity index (χ1) is 16.5. The predicted octanol–water partition coefficient (Wildman–Crippen LogP) is 7.32. The largest absolute Gasteiger partial charge is 0.406 e. The summed E-state index contributed by atoms with van der Waals surface area (Å²) in [5.41, 5.74) is 6.91. The van der Waals surface area contributed by atoms with Crippen molar-refractivity contribution in [3.8, 4) is 22.5 Å². The molecule has 0 aliphatic heterocycles. The molecule has 2 aromatic heterocycles. The second-order valence-electron chi connectivity index (χ2n) is 8.70. The van der Waals surface area contributed by atoms with Gasteiger partial charge in [0.1, 0.15) is 6.54 Å². The zero-order valence-electron chi connectivity index (χ0n) is 20.0. The number of nitrogens with zero attached hydrogens (tertiary/aromatic N) is 2. The molecule has 2 aromatic carbocycles. The molecular weight excluding hydrogens is 471 g/mol. The Morgan fingerprint density at radius 2 is 1.51 bits per heavy atom. The molecule has 8 heteroatoms. The van der Waals surface area contributed by atoms with Gasteiger partial charge in [-0.2, -0.15) is 13.2 Å². The minimum absolute atomic E-state index is 0.0600. The lowest BCUT2D eigenvalue weighted by Crippen LogP contribution is -2.19. The monoisotopic (exact) mass is 497 g/mol. The number of ketones is 1. The number of aromatic amines is 1. The predicted molar refractivity (Wildman–Crippen MR) is 134 cm³/mol. The van der Waals surface area contributed by atoms with Gasteiger partial charge in [-0.25, -0.2) is 4.98 Å². The second kappa shape index (κ2) is 9.77. The molecular formula is C27H26F3N3OS. The van der Waals surface area contributed by atoms with Gasteiger partial charge < -0.3 is 9.55 Å². The third-order valence-electron chi connectivity index (χ3n) is 5.90. The van der Waals surface area contributed by atoms with Crippen LogP contribution in [0.2, 0.25) is 0 Å². The lowest BCUT2D eigenvalue weighted by atomic mass is 10.0. The van der Waals surface area contributed by atoms with Crippen molar-refractivity contribution < 1.29 is 18.0 Å². The fourth-order valence-electron chi connectivity index (χ4n) is 3.99. The van der Waals surface area contributed by atoms with Gasteiger partial charge in [0.15, 0.2) is 10.9 Å². The first kappa shape index (κ1) is 24.9. The molecule has 4 aromatic rings. The molecule has 0 fully saturated rings. The van der Waals surface area contributed by atoms with E-state index in [9.17, 15) is 18.0 Å². The Kier molecular flexibility index (Phi) is 6.94. The number of thioether (sulfide) groups is 1. The molecule has 0 saturated carbocycles. The average Bonchev–Trinajstić information content (AvgIpc) is 3.34. The van der Waals surface area contributed by atoms with Crippen LogP contribution in [0.15, 0.2) is 59.8 Å². The summed E-state index contributed by atoms with van der Waals surface area (Å²) in [7, 11) is 0. The molecule has 0 unspecified atom stereocenters. The highest BCUT2D eigenvalue weighted by Gasteiger charge is 2.30. The third-order valence-corrected chi connectivity index (χ3v) is 6.77. The maximum absolute atomic E-state index is 12.9. The van der Waals surface area contributed by atoms with Gasteiger partial charge in [-0.3, -0.25) is 4.79 Å². The molecule has 0 aliphatic carbocycles. The molecule has 182 valence electrons. The van der Waals surface area contributed by atoms with Crippen molar-refractivity contribution in [2.24, 2.45) is 0 Å².